The van der Waals surface area contributed by atoms with Crippen molar-refractivity contribution >= 4 is 10.8 Å². The Bertz CT molecular complexity index is 883. The van der Waals surface area contributed by atoms with Crippen molar-refractivity contribution in [1.82, 2.24) is 0 Å². The Balaban J connectivity index is 2.48. The number of hydrogen-bond acceptors (Lipinski definition) is 1. The van der Waals surface area contributed by atoms with Gasteiger partial charge in [0.25, 0.3) is 0 Å². The summed E-state index contributed by atoms with van der Waals surface area (Å²) < 4.78 is 0. The van der Waals surface area contributed by atoms with E-state index in [1.807, 2.05) is 6.07 Å². The third kappa shape index (κ3) is 2.18. The minimum atomic E-state index is 0.354. The average Bonchev–Trinajstić information content (AvgIpc) is 2.47. The first-order valence-electron chi connectivity index (χ1n) is 7.70. The number of phenols is 1. The van der Waals surface area contributed by atoms with Crippen LogP contribution in [-0.4, -0.2) is 5.11 Å². The number of aromatic hydroxyl groups is 1. The Labute approximate surface area is 132 Å². The summed E-state index contributed by atoms with van der Waals surface area (Å²) >= 11 is 0. The molecule has 22 heavy (non-hydrogen) atoms. The second-order valence-corrected chi connectivity index (χ2v) is 6.32. The van der Waals surface area contributed by atoms with Crippen LogP contribution >= 0.6 is 0 Å². The van der Waals surface area contributed by atoms with Crippen molar-refractivity contribution in [2.75, 3.05) is 0 Å². The molecule has 0 amide bonds. The van der Waals surface area contributed by atoms with E-state index in [2.05, 4.69) is 58.9 Å². The standard InChI is InChI=1S/C21H22O/c1-12-6-7-17-8-9-19(22)21(18(17)10-12)20-14(3)11-13(2)15(4)16(20)5/h6-11,22H,1-5H3. The highest BCUT2D eigenvalue weighted by molar-refractivity contribution is 6.01. The van der Waals surface area contributed by atoms with Crippen molar-refractivity contribution in [3.05, 3.63) is 64.2 Å². The number of fused-ring (bicyclic) bond motifs is 1. The summed E-state index contributed by atoms with van der Waals surface area (Å²) in [4.78, 5) is 0. The Kier molecular flexibility index (Phi) is 3.44. The summed E-state index contributed by atoms with van der Waals surface area (Å²) in [6.07, 6.45) is 0. The maximum atomic E-state index is 10.6. The summed E-state index contributed by atoms with van der Waals surface area (Å²) in [5.74, 6) is 0.354. The zero-order chi connectivity index (χ0) is 16.0. The molecular formula is C21H22O. The van der Waals surface area contributed by atoms with Gasteiger partial charge in [-0.05, 0) is 79.3 Å². The topological polar surface area (TPSA) is 20.2 Å². The minimum Gasteiger partial charge on any atom is -0.507 e. The lowest BCUT2D eigenvalue weighted by Crippen LogP contribution is -1.96. The molecular weight excluding hydrogens is 268 g/mol. The fourth-order valence-corrected chi connectivity index (χ4v) is 3.35. The molecule has 0 aliphatic rings. The zero-order valence-electron chi connectivity index (χ0n) is 13.9. The molecule has 0 aliphatic carbocycles. The van der Waals surface area contributed by atoms with E-state index in [9.17, 15) is 5.11 Å². The number of phenolic OH excluding ortho intramolecular Hbond substituents is 1. The molecule has 3 aromatic carbocycles. The molecule has 3 aromatic rings. The Morgan fingerprint density at radius 1 is 0.682 bits per heavy atom. The smallest absolute Gasteiger partial charge is 0.124 e. The molecule has 0 saturated heterocycles. The Morgan fingerprint density at radius 2 is 1.36 bits per heavy atom. The van der Waals surface area contributed by atoms with Gasteiger partial charge in [-0.3, -0.25) is 0 Å². The van der Waals surface area contributed by atoms with Gasteiger partial charge in [0.2, 0.25) is 0 Å². The van der Waals surface area contributed by atoms with E-state index in [0.717, 1.165) is 21.9 Å². The highest BCUT2D eigenvalue weighted by Crippen LogP contribution is 2.41. The molecule has 0 fully saturated rings. The quantitative estimate of drug-likeness (QED) is 0.604. The lowest BCUT2D eigenvalue weighted by Gasteiger charge is -2.18. The third-order valence-corrected chi connectivity index (χ3v) is 4.76. The molecule has 1 heteroatoms. The van der Waals surface area contributed by atoms with Gasteiger partial charge in [0, 0.05) is 5.56 Å². The summed E-state index contributed by atoms with van der Waals surface area (Å²) in [5, 5.41) is 12.8. The van der Waals surface area contributed by atoms with Gasteiger partial charge in [0.1, 0.15) is 5.75 Å². The molecule has 0 radical (unpaired) electrons. The van der Waals surface area contributed by atoms with Gasteiger partial charge in [0.15, 0.2) is 0 Å². The lowest BCUT2D eigenvalue weighted by molar-refractivity contribution is 0.478. The van der Waals surface area contributed by atoms with Crippen molar-refractivity contribution in [3.8, 4) is 16.9 Å². The second-order valence-electron chi connectivity index (χ2n) is 6.32. The van der Waals surface area contributed by atoms with E-state index in [1.165, 1.54) is 27.8 Å². The summed E-state index contributed by atoms with van der Waals surface area (Å²) in [6, 6.07) is 12.4. The molecule has 0 bridgehead atoms. The molecule has 0 aromatic heterocycles. The predicted octanol–water partition coefficient (Wildman–Crippen LogP) is 5.75. The van der Waals surface area contributed by atoms with Crippen LogP contribution in [0.15, 0.2) is 36.4 Å². The van der Waals surface area contributed by atoms with Crippen LogP contribution in [0.25, 0.3) is 21.9 Å². The second kappa shape index (κ2) is 5.17. The van der Waals surface area contributed by atoms with Crippen LogP contribution < -0.4 is 0 Å². The van der Waals surface area contributed by atoms with E-state index < -0.39 is 0 Å². The van der Waals surface area contributed by atoms with Crippen LogP contribution in [0.2, 0.25) is 0 Å². The lowest BCUT2D eigenvalue weighted by atomic mass is 9.87. The number of aryl methyl sites for hydroxylation is 3. The van der Waals surface area contributed by atoms with Gasteiger partial charge in [-0.1, -0.05) is 35.9 Å². The molecule has 3 rings (SSSR count). The van der Waals surface area contributed by atoms with Crippen LogP contribution in [0.4, 0.5) is 0 Å². The molecule has 0 saturated carbocycles. The third-order valence-electron chi connectivity index (χ3n) is 4.76. The average molecular weight is 290 g/mol. The maximum Gasteiger partial charge on any atom is 0.124 e. The highest BCUT2D eigenvalue weighted by atomic mass is 16.3. The first-order chi connectivity index (χ1) is 10.4. The number of rotatable bonds is 1. The molecule has 0 unspecified atom stereocenters. The van der Waals surface area contributed by atoms with E-state index in [1.54, 1.807) is 6.07 Å². The Hall–Kier alpha value is -2.28. The summed E-state index contributed by atoms with van der Waals surface area (Å²) in [6.45, 7) is 10.7. The van der Waals surface area contributed by atoms with E-state index in [0.29, 0.717) is 5.75 Å². The monoisotopic (exact) mass is 290 g/mol. The number of benzene rings is 3. The van der Waals surface area contributed by atoms with Crippen LogP contribution in [0.5, 0.6) is 5.75 Å². The van der Waals surface area contributed by atoms with Gasteiger partial charge in [-0.25, -0.2) is 0 Å². The van der Waals surface area contributed by atoms with Crippen LogP contribution in [0, 0.1) is 34.6 Å². The summed E-state index contributed by atoms with van der Waals surface area (Å²) in [7, 11) is 0. The maximum absolute atomic E-state index is 10.6. The van der Waals surface area contributed by atoms with Crippen molar-refractivity contribution in [3.63, 3.8) is 0 Å². The first-order valence-corrected chi connectivity index (χ1v) is 7.70. The predicted molar refractivity (Wildman–Crippen MR) is 94.7 cm³/mol. The molecule has 0 aliphatic heterocycles. The largest absolute Gasteiger partial charge is 0.507 e. The molecule has 1 nitrogen and oxygen atoms in total. The highest BCUT2D eigenvalue weighted by Gasteiger charge is 2.16. The Morgan fingerprint density at radius 3 is 2.09 bits per heavy atom. The number of hydrogen-bond donors (Lipinski definition) is 1. The van der Waals surface area contributed by atoms with Crippen molar-refractivity contribution in [2.45, 2.75) is 34.6 Å². The van der Waals surface area contributed by atoms with Gasteiger partial charge in [-0.15, -0.1) is 0 Å². The van der Waals surface area contributed by atoms with Crippen molar-refractivity contribution in [1.29, 1.82) is 0 Å². The van der Waals surface area contributed by atoms with Gasteiger partial charge in [0.05, 0.1) is 0 Å². The molecule has 112 valence electrons. The first kappa shape index (κ1) is 14.6. The molecule has 1 N–H and O–H groups in total. The molecule has 0 heterocycles. The van der Waals surface area contributed by atoms with E-state index in [-0.39, 0.29) is 0 Å². The zero-order valence-corrected chi connectivity index (χ0v) is 13.9. The van der Waals surface area contributed by atoms with Crippen LogP contribution in [0.3, 0.4) is 0 Å². The van der Waals surface area contributed by atoms with E-state index >= 15 is 0 Å². The van der Waals surface area contributed by atoms with Crippen molar-refractivity contribution in [2.24, 2.45) is 0 Å². The normalized spacial score (nSPS) is 11.1. The van der Waals surface area contributed by atoms with E-state index in [4.69, 9.17) is 0 Å². The fourth-order valence-electron chi connectivity index (χ4n) is 3.35. The van der Waals surface area contributed by atoms with Crippen LogP contribution in [0.1, 0.15) is 27.8 Å². The SMILES string of the molecule is Cc1ccc2ccc(O)c(-c3c(C)cc(C)c(C)c3C)c2c1. The fraction of sp³-hybridized carbons (Fsp3) is 0.238. The van der Waals surface area contributed by atoms with Gasteiger partial charge in [-0.2, -0.15) is 0 Å². The van der Waals surface area contributed by atoms with Crippen molar-refractivity contribution < 1.29 is 5.11 Å². The minimum absolute atomic E-state index is 0.354. The molecule has 0 spiro atoms. The van der Waals surface area contributed by atoms with Crippen LogP contribution in [-0.2, 0) is 0 Å². The van der Waals surface area contributed by atoms with Gasteiger partial charge < -0.3 is 5.11 Å². The summed E-state index contributed by atoms with van der Waals surface area (Å²) in [5.41, 5.74) is 8.39. The van der Waals surface area contributed by atoms with Gasteiger partial charge >= 0.3 is 0 Å². The molecule has 0 atom stereocenters.